The van der Waals surface area contributed by atoms with E-state index in [-0.39, 0.29) is 11.4 Å². The second kappa shape index (κ2) is 6.72. The maximum absolute atomic E-state index is 12.8. The van der Waals surface area contributed by atoms with E-state index in [9.17, 15) is 9.59 Å². The molecule has 3 heterocycles. The van der Waals surface area contributed by atoms with Crippen molar-refractivity contribution in [2.45, 2.75) is 38.1 Å². The Kier molecular flexibility index (Phi) is 4.40. The number of H-pyrrole nitrogens is 1. The van der Waals surface area contributed by atoms with Gasteiger partial charge < -0.3 is 4.90 Å². The lowest BCUT2D eigenvalue weighted by molar-refractivity contribution is 0.0406. The van der Waals surface area contributed by atoms with Crippen molar-refractivity contribution in [2.75, 3.05) is 26.2 Å². The Labute approximate surface area is 152 Å². The van der Waals surface area contributed by atoms with Gasteiger partial charge in [-0.05, 0) is 57.8 Å². The third kappa shape index (κ3) is 3.19. The van der Waals surface area contributed by atoms with Gasteiger partial charge in [0.1, 0.15) is 0 Å². The van der Waals surface area contributed by atoms with Gasteiger partial charge in [-0.3, -0.25) is 19.2 Å². The molecule has 0 unspecified atom stereocenters. The number of carbonyl (C=O) groups excluding carboxylic acids is 1. The molecule has 26 heavy (non-hydrogen) atoms. The van der Waals surface area contributed by atoms with Crippen LogP contribution in [0.15, 0.2) is 33.6 Å². The predicted molar refractivity (Wildman–Crippen MR) is 96.9 cm³/mol. The van der Waals surface area contributed by atoms with E-state index in [0.29, 0.717) is 17.0 Å². The van der Waals surface area contributed by atoms with E-state index in [0.717, 1.165) is 25.9 Å². The van der Waals surface area contributed by atoms with Crippen LogP contribution in [0.5, 0.6) is 0 Å². The monoisotopic (exact) mass is 356 g/mol. The summed E-state index contributed by atoms with van der Waals surface area (Å²) in [7, 11) is 0. The van der Waals surface area contributed by atoms with Crippen molar-refractivity contribution in [2.24, 2.45) is 0 Å². The fourth-order valence-electron chi connectivity index (χ4n) is 4.07. The summed E-state index contributed by atoms with van der Waals surface area (Å²) in [5.74, 6) is -0.156. The number of carbonyl (C=O) groups is 1. The Morgan fingerprint density at radius 1 is 1.12 bits per heavy atom. The first-order valence-electron chi connectivity index (χ1n) is 9.26. The summed E-state index contributed by atoms with van der Waals surface area (Å²) in [6.45, 7) is 6.31. The van der Waals surface area contributed by atoms with Gasteiger partial charge in [-0.15, -0.1) is 0 Å². The molecule has 2 aromatic rings. The summed E-state index contributed by atoms with van der Waals surface area (Å²) >= 11 is 0. The van der Waals surface area contributed by atoms with E-state index in [2.05, 4.69) is 26.5 Å². The van der Waals surface area contributed by atoms with Gasteiger partial charge in [0, 0.05) is 29.8 Å². The number of likely N-dealkylation sites (tertiary alicyclic amines) is 2. The summed E-state index contributed by atoms with van der Waals surface area (Å²) in [6, 6.07) is 7.11. The standard InChI is InChI=1S/C19H24N4O3/c1-19(23-10-2-3-11-23)8-12-22(13-9-19)17(24)15-6-4-14(5-7-15)16-20-18(25)26-21-16/h4-7H,2-3,8-13H2,1H3,(H,20,21,25). The molecule has 0 spiro atoms. The summed E-state index contributed by atoms with van der Waals surface area (Å²) in [5, 5.41) is 3.66. The lowest BCUT2D eigenvalue weighted by atomic mass is 9.87. The quantitative estimate of drug-likeness (QED) is 0.911. The third-order valence-electron chi connectivity index (χ3n) is 5.84. The molecule has 4 rings (SSSR count). The molecule has 2 aliphatic rings. The molecule has 7 nitrogen and oxygen atoms in total. The Balaban J connectivity index is 1.41. The molecular weight excluding hydrogens is 332 g/mol. The predicted octanol–water partition coefficient (Wildman–Crippen LogP) is 2.12. The molecule has 138 valence electrons. The van der Waals surface area contributed by atoms with E-state index in [1.807, 2.05) is 4.90 Å². The number of nitrogens with one attached hydrogen (secondary N) is 1. The number of aromatic amines is 1. The van der Waals surface area contributed by atoms with Crippen molar-refractivity contribution in [3.8, 4) is 11.4 Å². The van der Waals surface area contributed by atoms with Crippen LogP contribution in [0.1, 0.15) is 43.0 Å². The van der Waals surface area contributed by atoms with Crippen LogP contribution < -0.4 is 5.76 Å². The van der Waals surface area contributed by atoms with Gasteiger partial charge in [0.15, 0.2) is 5.82 Å². The molecule has 0 radical (unpaired) electrons. The Morgan fingerprint density at radius 3 is 2.35 bits per heavy atom. The number of piperidine rings is 1. The minimum absolute atomic E-state index is 0.0636. The van der Waals surface area contributed by atoms with Crippen LogP contribution in [-0.4, -0.2) is 57.6 Å². The van der Waals surface area contributed by atoms with Gasteiger partial charge in [0.05, 0.1) is 0 Å². The molecule has 2 aliphatic heterocycles. The number of nitrogens with zero attached hydrogens (tertiary/aromatic N) is 3. The zero-order valence-electron chi connectivity index (χ0n) is 15.0. The number of hydrogen-bond donors (Lipinski definition) is 1. The Morgan fingerprint density at radius 2 is 1.77 bits per heavy atom. The Bertz CT molecular complexity index is 825. The highest BCUT2D eigenvalue weighted by Crippen LogP contribution is 2.32. The highest BCUT2D eigenvalue weighted by Gasteiger charge is 2.37. The SMILES string of the molecule is CC1(N2CCCC2)CCN(C(=O)c2ccc(-c3noc(=O)[nH]3)cc2)CC1. The van der Waals surface area contributed by atoms with E-state index >= 15 is 0 Å². The fourth-order valence-corrected chi connectivity index (χ4v) is 4.07. The minimum Gasteiger partial charge on any atom is -0.339 e. The number of rotatable bonds is 3. The summed E-state index contributed by atoms with van der Waals surface area (Å²) in [5.41, 5.74) is 1.60. The molecule has 1 N–H and O–H groups in total. The van der Waals surface area contributed by atoms with Crippen molar-refractivity contribution in [1.29, 1.82) is 0 Å². The van der Waals surface area contributed by atoms with Gasteiger partial charge in [0.2, 0.25) is 0 Å². The average Bonchev–Trinajstić information content (AvgIpc) is 3.34. The lowest BCUT2D eigenvalue weighted by Gasteiger charge is -2.45. The number of hydrogen-bond acceptors (Lipinski definition) is 5. The minimum atomic E-state index is -0.588. The first kappa shape index (κ1) is 17.0. The largest absolute Gasteiger partial charge is 0.439 e. The zero-order chi connectivity index (χ0) is 18.1. The maximum atomic E-state index is 12.8. The van der Waals surface area contributed by atoms with E-state index in [1.54, 1.807) is 24.3 Å². The highest BCUT2D eigenvalue weighted by molar-refractivity contribution is 5.94. The second-order valence-corrected chi connectivity index (χ2v) is 7.50. The second-order valence-electron chi connectivity index (χ2n) is 7.50. The zero-order valence-corrected chi connectivity index (χ0v) is 15.0. The van der Waals surface area contributed by atoms with Gasteiger partial charge in [-0.2, -0.15) is 0 Å². The van der Waals surface area contributed by atoms with E-state index in [4.69, 9.17) is 0 Å². The molecule has 0 saturated carbocycles. The number of aromatic nitrogens is 2. The first-order valence-corrected chi connectivity index (χ1v) is 9.26. The van der Waals surface area contributed by atoms with Crippen LogP contribution in [0.3, 0.4) is 0 Å². The van der Waals surface area contributed by atoms with E-state index in [1.165, 1.54) is 25.9 Å². The Hall–Kier alpha value is -2.41. The van der Waals surface area contributed by atoms with Gasteiger partial charge in [-0.1, -0.05) is 17.3 Å². The van der Waals surface area contributed by atoms with E-state index < -0.39 is 5.76 Å². The van der Waals surface area contributed by atoms with Crippen LogP contribution in [0.4, 0.5) is 0 Å². The first-order chi connectivity index (χ1) is 12.5. The molecule has 7 heteroatoms. The maximum Gasteiger partial charge on any atom is 0.439 e. The molecule has 0 aliphatic carbocycles. The fraction of sp³-hybridized carbons (Fsp3) is 0.526. The van der Waals surface area contributed by atoms with Crippen molar-refractivity contribution in [3.63, 3.8) is 0 Å². The third-order valence-corrected chi connectivity index (χ3v) is 5.84. The molecule has 0 atom stereocenters. The van der Waals surface area contributed by atoms with Crippen molar-refractivity contribution >= 4 is 5.91 Å². The van der Waals surface area contributed by atoms with Gasteiger partial charge in [0.25, 0.3) is 5.91 Å². The normalized spacial score (nSPS) is 20.4. The highest BCUT2D eigenvalue weighted by atomic mass is 16.5. The van der Waals surface area contributed by atoms with Crippen LogP contribution in [0.2, 0.25) is 0 Å². The van der Waals surface area contributed by atoms with Crippen LogP contribution in [-0.2, 0) is 0 Å². The average molecular weight is 356 g/mol. The van der Waals surface area contributed by atoms with Gasteiger partial charge >= 0.3 is 5.76 Å². The van der Waals surface area contributed by atoms with Gasteiger partial charge in [-0.25, -0.2) is 4.79 Å². The molecule has 2 fully saturated rings. The topological polar surface area (TPSA) is 82.4 Å². The molecule has 1 aromatic carbocycles. The summed E-state index contributed by atoms with van der Waals surface area (Å²) < 4.78 is 4.51. The molecular formula is C19H24N4O3. The van der Waals surface area contributed by atoms with Crippen LogP contribution in [0.25, 0.3) is 11.4 Å². The summed E-state index contributed by atoms with van der Waals surface area (Å²) in [6.07, 6.45) is 4.64. The number of benzene rings is 1. The van der Waals surface area contributed by atoms with Crippen LogP contribution in [0, 0.1) is 0 Å². The summed E-state index contributed by atoms with van der Waals surface area (Å²) in [4.78, 5) is 30.9. The lowest BCUT2D eigenvalue weighted by Crippen LogP contribution is -2.53. The number of amides is 1. The van der Waals surface area contributed by atoms with Crippen molar-refractivity contribution < 1.29 is 9.32 Å². The van der Waals surface area contributed by atoms with Crippen molar-refractivity contribution in [3.05, 3.63) is 40.4 Å². The molecule has 0 bridgehead atoms. The molecule has 1 amide bonds. The molecule has 2 saturated heterocycles. The van der Waals surface area contributed by atoms with Crippen LogP contribution >= 0.6 is 0 Å². The molecule has 1 aromatic heterocycles. The van der Waals surface area contributed by atoms with Crippen molar-refractivity contribution in [1.82, 2.24) is 19.9 Å². The smallest absolute Gasteiger partial charge is 0.339 e.